The molecule has 0 amide bonds. The highest BCUT2D eigenvalue weighted by molar-refractivity contribution is 7.48. The van der Waals surface area contributed by atoms with E-state index in [1.165, 1.54) is 0 Å². The van der Waals surface area contributed by atoms with E-state index < -0.39 is 14.4 Å². The summed E-state index contributed by atoms with van der Waals surface area (Å²) in [6.45, 7) is -0.429. The van der Waals surface area contributed by atoms with Gasteiger partial charge >= 0.3 is 7.82 Å². The Hall–Kier alpha value is -0.540. The molecule has 8 heteroatoms. The maximum Gasteiger partial charge on any atom is 0.537 e. The second-order valence-electron chi connectivity index (χ2n) is 1.33. The maximum atomic E-state index is 11.1. The van der Waals surface area contributed by atoms with Crippen LogP contribution in [0.5, 0.6) is 0 Å². The molecule has 0 aromatic heterocycles. The monoisotopic (exact) mass is 187 g/mol. The van der Waals surface area contributed by atoms with Crippen LogP contribution in [-0.2, 0) is 18.5 Å². The van der Waals surface area contributed by atoms with Gasteiger partial charge in [0.15, 0.2) is 0 Å². The summed E-state index contributed by atoms with van der Waals surface area (Å²) in [5, 5.41) is 7.92. The summed E-state index contributed by atoms with van der Waals surface area (Å²) in [5.74, 6) is 0. The van der Waals surface area contributed by atoms with E-state index in [0.717, 1.165) is 0 Å². The topological polar surface area (TPSA) is 68.5 Å². The lowest BCUT2D eigenvalue weighted by Crippen LogP contribution is -1.92. The van der Waals surface area contributed by atoms with E-state index >= 15 is 0 Å². The molecule has 0 rings (SSSR count). The number of phosphoric acid groups is 1. The Morgan fingerprint density at radius 3 is 2.36 bits per heavy atom. The van der Waals surface area contributed by atoms with Crippen molar-refractivity contribution in [1.82, 2.24) is 0 Å². The van der Waals surface area contributed by atoms with E-state index in [4.69, 9.17) is 5.26 Å². The molecule has 0 atom stereocenters. The molecule has 0 aliphatic heterocycles. The van der Waals surface area contributed by atoms with Gasteiger partial charge in [0.25, 0.3) is 0 Å². The van der Waals surface area contributed by atoms with Crippen molar-refractivity contribution >= 4 is 7.82 Å². The van der Waals surface area contributed by atoms with E-state index in [0.29, 0.717) is 0 Å². The lowest BCUT2D eigenvalue weighted by Gasteiger charge is -2.04. The third-order valence-corrected chi connectivity index (χ3v) is 1.47. The van der Waals surface area contributed by atoms with Crippen LogP contribution in [0.2, 0.25) is 0 Å². The van der Waals surface area contributed by atoms with Gasteiger partial charge in [-0.05, 0) is 9.05 Å². The van der Waals surface area contributed by atoms with Gasteiger partial charge in [0, 0.05) is 0 Å². The molecule has 11 heavy (non-hydrogen) atoms. The van der Waals surface area contributed by atoms with E-state index in [1.807, 2.05) is 0 Å². The zero-order chi connectivity index (χ0) is 8.74. The largest absolute Gasteiger partial charge is 0.537 e. The summed E-state index contributed by atoms with van der Waals surface area (Å²) in [4.78, 5) is 0. The first kappa shape index (κ1) is 10.5. The minimum atomic E-state index is -4.70. The summed E-state index contributed by atoms with van der Waals surface area (Å²) >= 11 is 0. The molecule has 0 fully saturated rings. The Balaban J connectivity index is 3.72. The predicted molar refractivity (Wildman–Crippen MR) is 28.2 cm³/mol. The van der Waals surface area contributed by atoms with Crippen LogP contribution in [0.1, 0.15) is 6.42 Å². The third-order valence-electron chi connectivity index (χ3n) is 0.632. The average molecular weight is 187 g/mol. The zero-order valence-corrected chi connectivity index (χ0v) is 6.09. The van der Waals surface area contributed by atoms with Crippen molar-refractivity contribution in [2.75, 3.05) is 6.61 Å². The van der Waals surface area contributed by atoms with Crippen LogP contribution in [0.15, 0.2) is 0 Å². The van der Waals surface area contributed by atoms with E-state index in [1.54, 1.807) is 6.07 Å². The highest BCUT2D eigenvalue weighted by Crippen LogP contribution is 2.50. The molecule has 0 spiro atoms. The molecule has 0 aliphatic rings. The van der Waals surface area contributed by atoms with Gasteiger partial charge in [-0.3, -0.25) is 4.52 Å². The van der Waals surface area contributed by atoms with E-state index in [9.17, 15) is 13.6 Å². The summed E-state index contributed by atoms with van der Waals surface area (Å²) in [5.41, 5.74) is 0. The molecule has 0 aromatic rings. The maximum absolute atomic E-state index is 11.1. The number of hydrogen-bond acceptors (Lipinski definition) is 5. The van der Waals surface area contributed by atoms with Gasteiger partial charge in [0.1, 0.15) is 0 Å². The normalized spacial score (nSPS) is 11.0. The first-order valence-corrected chi connectivity index (χ1v) is 3.87. The molecule has 0 aliphatic carbocycles. The number of rotatable bonds is 5. The van der Waals surface area contributed by atoms with Crippen molar-refractivity contribution in [3.05, 3.63) is 0 Å². The minimum Gasteiger partial charge on any atom is -0.282 e. The summed E-state index contributed by atoms with van der Waals surface area (Å²) in [6, 6.07) is 1.59. The first-order valence-electron chi connectivity index (χ1n) is 2.40. The Bertz CT molecular complexity index is 184. The molecule has 0 unspecified atom stereocenters. The van der Waals surface area contributed by atoms with Crippen LogP contribution >= 0.6 is 7.82 Å². The number of hydrogen-bond donors (Lipinski definition) is 0. The van der Waals surface area contributed by atoms with Gasteiger partial charge in [0.2, 0.25) is 0 Å². The molecule has 0 heterocycles. The van der Waals surface area contributed by atoms with Crippen molar-refractivity contribution in [2.24, 2.45) is 0 Å². The van der Waals surface area contributed by atoms with Crippen LogP contribution < -0.4 is 0 Å². The van der Waals surface area contributed by atoms with Gasteiger partial charge in [-0.1, -0.05) is 9.46 Å². The summed E-state index contributed by atoms with van der Waals surface area (Å²) in [7, 11) is -4.70. The molecular weight excluding hydrogens is 183 g/mol. The second kappa shape index (κ2) is 5.16. The molecule has 64 valence electrons. The van der Waals surface area contributed by atoms with Crippen molar-refractivity contribution in [3.8, 4) is 6.07 Å². The highest BCUT2D eigenvalue weighted by Gasteiger charge is 2.29. The Kier molecular flexibility index (Phi) is 4.90. The van der Waals surface area contributed by atoms with Gasteiger partial charge in [0.05, 0.1) is 19.1 Å². The fraction of sp³-hybridized carbons (Fsp3) is 0.667. The van der Waals surface area contributed by atoms with Gasteiger partial charge in [-0.2, -0.15) is 5.26 Å². The van der Waals surface area contributed by atoms with Crippen molar-refractivity contribution in [1.29, 1.82) is 5.26 Å². The van der Waals surface area contributed by atoms with Crippen LogP contribution in [-0.4, -0.2) is 6.61 Å². The number of halogens is 2. The second-order valence-corrected chi connectivity index (χ2v) is 2.76. The fourth-order valence-electron chi connectivity index (χ4n) is 0.254. The Morgan fingerprint density at radius 2 is 2.00 bits per heavy atom. The Labute approximate surface area is 60.9 Å². The molecule has 0 aromatic carbocycles. The van der Waals surface area contributed by atoms with Crippen molar-refractivity contribution < 1.29 is 27.6 Å². The molecule has 0 N–H and O–H groups in total. The SMILES string of the molecule is N#CCCOP(=O)(OF)OF. The lowest BCUT2D eigenvalue weighted by molar-refractivity contribution is -0.118. The predicted octanol–water partition coefficient (Wildman–Crippen LogP) is 1.83. The van der Waals surface area contributed by atoms with Crippen molar-refractivity contribution in [2.45, 2.75) is 6.42 Å². The zero-order valence-electron chi connectivity index (χ0n) is 5.20. The first-order chi connectivity index (χ1) is 5.18. The van der Waals surface area contributed by atoms with Crippen LogP contribution in [0, 0.1) is 11.3 Å². The third kappa shape index (κ3) is 4.01. The van der Waals surface area contributed by atoms with Gasteiger partial charge in [-0.25, -0.2) is 4.57 Å². The molecule has 0 bridgehead atoms. The summed E-state index contributed by atoms with van der Waals surface area (Å²) < 4.78 is 41.6. The van der Waals surface area contributed by atoms with Crippen LogP contribution in [0.3, 0.4) is 0 Å². The molecule has 0 radical (unpaired) electrons. The fourth-order valence-corrected chi connectivity index (χ4v) is 0.669. The van der Waals surface area contributed by atoms with E-state index in [-0.39, 0.29) is 6.42 Å². The van der Waals surface area contributed by atoms with Crippen molar-refractivity contribution in [3.63, 3.8) is 0 Å². The number of nitriles is 1. The van der Waals surface area contributed by atoms with Crippen LogP contribution in [0.25, 0.3) is 0 Å². The molecule has 0 saturated carbocycles. The smallest absolute Gasteiger partial charge is 0.282 e. The molecule has 0 saturated heterocycles. The highest BCUT2D eigenvalue weighted by atomic mass is 31.2. The standard InChI is InChI=1S/C3H4F2NO4P/c4-9-11(7,10-5)8-3-1-2-6/h1,3H2. The quantitative estimate of drug-likeness (QED) is 0.485. The minimum absolute atomic E-state index is 0.170. The Morgan fingerprint density at radius 1 is 1.45 bits per heavy atom. The summed E-state index contributed by atoms with van der Waals surface area (Å²) in [6.07, 6.45) is -0.170. The molecular formula is C3H4F2NO4P. The van der Waals surface area contributed by atoms with Crippen LogP contribution in [0.4, 0.5) is 9.05 Å². The molecule has 5 nitrogen and oxygen atoms in total. The van der Waals surface area contributed by atoms with E-state index in [2.05, 4.69) is 14.0 Å². The van der Waals surface area contributed by atoms with Gasteiger partial charge < -0.3 is 0 Å². The average Bonchev–Trinajstić information content (AvgIpc) is 2.05. The lowest BCUT2D eigenvalue weighted by atomic mass is 10.5. The van der Waals surface area contributed by atoms with Gasteiger partial charge in [-0.15, -0.1) is 0 Å². The number of nitrogens with zero attached hydrogens (tertiary/aromatic N) is 1.